The maximum absolute atomic E-state index is 8.58. The van der Waals surface area contributed by atoms with Crippen LogP contribution in [0.1, 0.15) is 61.8 Å². The van der Waals surface area contributed by atoms with Gasteiger partial charge in [0.05, 0.1) is 0 Å². The lowest BCUT2D eigenvalue weighted by atomic mass is 9.99. The Morgan fingerprint density at radius 1 is 1.03 bits per heavy atom. The van der Waals surface area contributed by atoms with Gasteiger partial charge in [-0.05, 0) is 98.4 Å². The number of amides is 1. The Morgan fingerprint density at radius 3 is 2.00 bits per heavy atom. The lowest BCUT2D eigenvalue weighted by Gasteiger charge is -2.28. The number of nitrogens with two attached hydrogens (primary N) is 1. The van der Waals surface area contributed by atoms with Crippen LogP contribution in [0.15, 0.2) is 28.8 Å². The molecule has 5 heteroatoms. The fourth-order valence-corrected chi connectivity index (χ4v) is 4.55. The van der Waals surface area contributed by atoms with E-state index in [1.807, 2.05) is 0 Å². The third kappa shape index (κ3) is 6.05. The minimum Gasteiger partial charge on any atom is -0.388 e. The zero-order chi connectivity index (χ0) is 21.4. The predicted molar refractivity (Wildman–Crippen MR) is 128 cm³/mol. The van der Waals surface area contributed by atoms with E-state index in [-0.39, 0.29) is 6.41 Å². The fourth-order valence-electron chi connectivity index (χ4n) is 4.36. The van der Waals surface area contributed by atoms with E-state index < -0.39 is 0 Å². The van der Waals surface area contributed by atoms with Crippen molar-refractivity contribution >= 4 is 24.7 Å². The van der Waals surface area contributed by atoms with Crippen molar-refractivity contribution in [3.05, 3.63) is 51.1 Å². The summed E-state index contributed by atoms with van der Waals surface area (Å²) in [6.45, 7) is 4.42. The molecule has 0 radical (unpaired) electrons. The van der Waals surface area contributed by atoms with Crippen LogP contribution in [-0.4, -0.2) is 31.4 Å². The number of carbonyl (C=O) groups excluding carboxylic acids is 1. The van der Waals surface area contributed by atoms with Crippen molar-refractivity contribution in [2.45, 2.75) is 71.3 Å². The molecule has 0 fully saturated rings. The third-order valence-electron chi connectivity index (χ3n) is 6.06. The van der Waals surface area contributed by atoms with Crippen molar-refractivity contribution in [3.8, 4) is 0 Å². The molecule has 160 valence electrons. The zero-order valence-electron chi connectivity index (χ0n) is 18.4. The lowest BCUT2D eigenvalue weighted by molar-refractivity contribution is -0.106. The summed E-state index contributed by atoms with van der Waals surface area (Å²) in [6, 6.07) is 3.07. The molecule has 29 heavy (non-hydrogen) atoms. The van der Waals surface area contributed by atoms with Gasteiger partial charge in [-0.1, -0.05) is 12.1 Å². The van der Waals surface area contributed by atoms with E-state index in [0.29, 0.717) is 6.04 Å². The molecule has 3 aliphatic rings. The Labute approximate surface area is 182 Å². The first kappa shape index (κ1) is 23.4. The van der Waals surface area contributed by atoms with Crippen molar-refractivity contribution in [1.82, 2.24) is 4.90 Å². The van der Waals surface area contributed by atoms with Crippen molar-refractivity contribution in [2.24, 2.45) is 5.73 Å². The van der Waals surface area contributed by atoms with E-state index in [4.69, 9.17) is 4.79 Å². The number of allylic oxidation sites excluding steroid dienone is 4. The van der Waals surface area contributed by atoms with Crippen LogP contribution in [0, 0.1) is 0 Å². The number of thiol groups is 1. The number of hydrogen-bond acceptors (Lipinski definition) is 4. The number of fused-ring (bicyclic) bond motifs is 2. The summed E-state index contributed by atoms with van der Waals surface area (Å²) in [7, 11) is 4.22. The maximum Gasteiger partial charge on any atom is 0.204 e. The van der Waals surface area contributed by atoms with Crippen LogP contribution >= 0.6 is 12.6 Å². The first-order valence-corrected chi connectivity index (χ1v) is 11.2. The zero-order valence-corrected chi connectivity index (χ0v) is 19.3. The number of anilines is 1. The highest BCUT2D eigenvalue weighted by molar-refractivity contribution is 7.84. The summed E-state index contributed by atoms with van der Waals surface area (Å²) in [5, 5.41) is 3.43. The number of aryl methyl sites for hydroxylation is 2. The first-order chi connectivity index (χ1) is 13.9. The van der Waals surface area contributed by atoms with E-state index in [2.05, 4.69) is 74.7 Å². The van der Waals surface area contributed by atoms with Gasteiger partial charge in [-0.2, -0.15) is 0 Å². The molecule has 3 N–H and O–H groups in total. The van der Waals surface area contributed by atoms with E-state index in [9.17, 15) is 0 Å². The van der Waals surface area contributed by atoms with Gasteiger partial charge in [-0.25, -0.2) is 0 Å². The van der Waals surface area contributed by atoms with Gasteiger partial charge in [-0.3, -0.25) is 4.79 Å². The molecule has 0 saturated heterocycles. The van der Waals surface area contributed by atoms with Gasteiger partial charge < -0.3 is 16.0 Å². The Hall–Kier alpha value is -1.88. The molecule has 0 bridgehead atoms. The number of nitrogens with one attached hydrogen (secondary N) is 1. The van der Waals surface area contributed by atoms with Gasteiger partial charge in [0.2, 0.25) is 6.41 Å². The molecule has 0 saturated carbocycles. The second-order valence-corrected chi connectivity index (χ2v) is 8.72. The molecule has 0 spiro atoms. The number of nitrogens with zero attached hydrogens (tertiary/aromatic N) is 1. The Morgan fingerprint density at radius 2 is 1.59 bits per heavy atom. The molecule has 0 unspecified atom stereocenters. The summed E-state index contributed by atoms with van der Waals surface area (Å²) in [5.74, 6) is 0. The van der Waals surface area contributed by atoms with Crippen LogP contribution < -0.4 is 11.1 Å². The summed E-state index contributed by atoms with van der Waals surface area (Å²) in [5.41, 5.74) is 13.5. The smallest absolute Gasteiger partial charge is 0.204 e. The standard InChI is InChI=1S/C13H17N.C10H17NS.CH3NO/c1-14-13-11-6-2-4-9(11)8-10-5-3-7-12(10)13;1-8(2)11(3)9-4-6-10(12)7-5-9;2-1-3/h8,14H,2-7H2,1H3;4,6,8,12H,5,7H2,1-3H3;1H,(H2,2,3). The average Bonchev–Trinajstić information content (AvgIpc) is 3.36. The largest absolute Gasteiger partial charge is 0.388 e. The van der Waals surface area contributed by atoms with Crippen LogP contribution in [-0.2, 0) is 30.5 Å². The lowest BCUT2D eigenvalue weighted by Crippen LogP contribution is -2.26. The normalized spacial score (nSPS) is 16.3. The second-order valence-electron chi connectivity index (χ2n) is 8.14. The molecule has 3 aliphatic carbocycles. The molecule has 1 aromatic carbocycles. The molecule has 0 atom stereocenters. The first-order valence-electron chi connectivity index (χ1n) is 10.7. The van der Waals surface area contributed by atoms with Gasteiger partial charge in [0.15, 0.2) is 0 Å². The minimum absolute atomic E-state index is 0.250. The van der Waals surface area contributed by atoms with Crippen molar-refractivity contribution in [2.75, 3.05) is 19.4 Å². The Balaban J connectivity index is 0.000000185. The molecule has 0 heterocycles. The number of primary amides is 1. The second kappa shape index (κ2) is 11.3. The quantitative estimate of drug-likeness (QED) is 0.498. The molecule has 0 aliphatic heterocycles. The van der Waals surface area contributed by atoms with E-state index in [0.717, 1.165) is 12.8 Å². The minimum atomic E-state index is 0.250. The maximum atomic E-state index is 8.58. The van der Waals surface area contributed by atoms with Crippen molar-refractivity contribution < 1.29 is 4.79 Å². The van der Waals surface area contributed by atoms with Crippen molar-refractivity contribution in [3.63, 3.8) is 0 Å². The molecular weight excluding hydrogens is 378 g/mol. The summed E-state index contributed by atoms with van der Waals surface area (Å²) >= 11 is 4.32. The topological polar surface area (TPSA) is 58.4 Å². The highest BCUT2D eigenvalue weighted by atomic mass is 32.1. The predicted octanol–water partition coefficient (Wildman–Crippen LogP) is 4.63. The van der Waals surface area contributed by atoms with Gasteiger partial charge in [0.25, 0.3) is 0 Å². The van der Waals surface area contributed by atoms with Crippen LogP contribution in [0.5, 0.6) is 0 Å². The number of carbonyl (C=O) groups is 1. The monoisotopic (exact) mass is 415 g/mol. The summed E-state index contributed by atoms with van der Waals surface area (Å²) in [6.07, 6.45) is 14.6. The molecular formula is C24H37N3OS. The Kier molecular flexibility index (Phi) is 9.15. The average molecular weight is 416 g/mol. The molecule has 4 nitrogen and oxygen atoms in total. The Bertz CT molecular complexity index is 736. The van der Waals surface area contributed by atoms with E-state index in [1.165, 1.54) is 54.8 Å². The third-order valence-corrected chi connectivity index (χ3v) is 6.43. The van der Waals surface area contributed by atoms with Crippen LogP contribution in [0.4, 0.5) is 5.69 Å². The fraction of sp³-hybridized carbons (Fsp3) is 0.542. The highest BCUT2D eigenvalue weighted by Crippen LogP contribution is 2.38. The van der Waals surface area contributed by atoms with E-state index >= 15 is 0 Å². The van der Waals surface area contributed by atoms with Crippen LogP contribution in [0.2, 0.25) is 0 Å². The van der Waals surface area contributed by atoms with E-state index in [1.54, 1.807) is 22.3 Å². The van der Waals surface area contributed by atoms with Crippen molar-refractivity contribution in [1.29, 1.82) is 0 Å². The molecule has 1 aromatic rings. The van der Waals surface area contributed by atoms with Crippen LogP contribution in [0.25, 0.3) is 0 Å². The van der Waals surface area contributed by atoms with Gasteiger partial charge in [0.1, 0.15) is 0 Å². The highest BCUT2D eigenvalue weighted by Gasteiger charge is 2.22. The molecule has 1 amide bonds. The van der Waals surface area contributed by atoms with Crippen LogP contribution in [0.3, 0.4) is 0 Å². The summed E-state index contributed by atoms with van der Waals surface area (Å²) < 4.78 is 0. The van der Waals surface area contributed by atoms with Gasteiger partial charge >= 0.3 is 0 Å². The van der Waals surface area contributed by atoms with Gasteiger partial charge in [-0.15, -0.1) is 12.6 Å². The summed E-state index contributed by atoms with van der Waals surface area (Å²) in [4.78, 5) is 12.1. The SMILES string of the molecule is CC(C)N(C)C1=CC=C(S)CC1.CNc1c2c(cc3c1CCC3)CCC2.NC=O. The number of hydrogen-bond donors (Lipinski definition) is 3. The van der Waals surface area contributed by atoms with Gasteiger partial charge in [0, 0.05) is 31.5 Å². The molecule has 0 aromatic heterocycles. The number of benzene rings is 1. The number of rotatable bonds is 3. The molecule has 4 rings (SSSR count).